The van der Waals surface area contributed by atoms with Gasteiger partial charge in [-0.25, -0.2) is 4.98 Å². The van der Waals surface area contributed by atoms with Crippen LogP contribution in [0.15, 0.2) is 65.8 Å². The molecule has 0 aliphatic carbocycles. The van der Waals surface area contributed by atoms with Crippen LogP contribution in [0.25, 0.3) is 16.1 Å². The van der Waals surface area contributed by atoms with Crippen molar-refractivity contribution in [2.75, 3.05) is 31.7 Å². The molecule has 11 nitrogen and oxygen atoms in total. The lowest BCUT2D eigenvalue weighted by molar-refractivity contribution is -0.121. The van der Waals surface area contributed by atoms with Crippen LogP contribution in [0.3, 0.4) is 0 Å². The second-order valence-electron chi connectivity index (χ2n) is 11.9. The number of anilines is 1. The predicted molar refractivity (Wildman–Crippen MR) is 200 cm³/mol. The Labute approximate surface area is 305 Å². The van der Waals surface area contributed by atoms with E-state index in [-0.39, 0.29) is 31.7 Å². The number of nitrogens with zero attached hydrogens (tertiary/aromatic N) is 5. The molecule has 2 N–H and O–H groups in total. The van der Waals surface area contributed by atoms with Crippen molar-refractivity contribution >= 4 is 59.6 Å². The number of benzene rings is 2. The van der Waals surface area contributed by atoms with Gasteiger partial charge in [0, 0.05) is 51.1 Å². The van der Waals surface area contributed by atoms with Crippen LogP contribution in [0.1, 0.15) is 51.2 Å². The number of aromatic nitrogens is 4. The van der Waals surface area contributed by atoms with Crippen LogP contribution in [0.5, 0.6) is 5.88 Å². The fraction of sp³-hybridized carbons (Fsp3) is 0.278. The second-order valence-corrected chi connectivity index (χ2v) is 13.5. The number of hydrogen-bond acceptors (Lipinski definition) is 9. The summed E-state index contributed by atoms with van der Waals surface area (Å²) < 4.78 is 13.5. The Balaban J connectivity index is 0.00000432. The second kappa shape index (κ2) is 15.1. The predicted octanol–water partition coefficient (Wildman–Crippen LogP) is 6.07. The molecule has 5 aromatic rings. The molecule has 7 rings (SSSR count). The first-order valence-electron chi connectivity index (χ1n) is 16.0. The molecule has 2 aromatic carbocycles. The molecular weight excluding hydrogens is 694 g/mol. The summed E-state index contributed by atoms with van der Waals surface area (Å²) in [4.78, 5) is 35.6. The van der Waals surface area contributed by atoms with Gasteiger partial charge in [0.1, 0.15) is 23.5 Å². The largest absolute Gasteiger partial charge is 0.475 e. The first-order chi connectivity index (χ1) is 23.7. The summed E-state index contributed by atoms with van der Waals surface area (Å²) in [5.74, 6) is 1.72. The zero-order chi connectivity index (χ0) is 34.1. The number of fused-ring (bicyclic) bond motifs is 4. The standard InChI is InChI=1S/C36H34ClN7O4S.H2S/c1-20-21(2)49-36-33(20)34(23-4-8-27(37)9-5-23)41-29(35-43-42-22(3)44(35)36)18-30(45)38-12-13-47-14-15-48-32-11-7-25(19-39-32)24-6-10-28-26(16-24)17-31(46)40-28;/h4-11,16,19,29H,12-15,17-18H2,1-3H3,(H,38,45)(H,40,46);1H2/t29-;/m0./s1. The average molecular weight is 730 g/mol. The van der Waals surface area contributed by atoms with Crippen molar-refractivity contribution in [1.29, 1.82) is 0 Å². The Morgan fingerprint density at radius 3 is 2.58 bits per heavy atom. The Bertz CT molecular complexity index is 2080. The number of aliphatic imine (C=N–C) groups is 1. The molecule has 50 heavy (non-hydrogen) atoms. The Morgan fingerprint density at radius 1 is 1.02 bits per heavy atom. The Hall–Kier alpha value is -4.56. The summed E-state index contributed by atoms with van der Waals surface area (Å²) in [6.45, 7) is 7.43. The molecule has 0 unspecified atom stereocenters. The van der Waals surface area contributed by atoms with Crippen molar-refractivity contribution in [3.8, 4) is 22.0 Å². The number of thiophene rings is 1. The van der Waals surface area contributed by atoms with E-state index in [1.165, 1.54) is 4.88 Å². The van der Waals surface area contributed by atoms with E-state index in [1.807, 2.05) is 66.1 Å². The van der Waals surface area contributed by atoms with Crippen molar-refractivity contribution in [2.24, 2.45) is 4.99 Å². The zero-order valence-corrected chi connectivity index (χ0v) is 30.3. The van der Waals surface area contributed by atoms with E-state index in [9.17, 15) is 9.59 Å². The number of carbonyl (C=O) groups excluding carboxylic acids is 2. The van der Waals surface area contributed by atoms with Gasteiger partial charge in [-0.15, -0.1) is 21.5 Å². The zero-order valence-electron chi connectivity index (χ0n) is 27.7. The van der Waals surface area contributed by atoms with E-state index in [1.54, 1.807) is 17.5 Å². The topological polar surface area (TPSA) is 133 Å². The van der Waals surface area contributed by atoms with E-state index >= 15 is 0 Å². The SMILES string of the molecule is Cc1sc2c(c1C)C(c1ccc(Cl)cc1)=N[C@@H](CC(=O)NCCOCCOc1ccc(-c3ccc4c(c3)CC(=O)N4)cn1)c1nnc(C)n1-2.S. The quantitative estimate of drug-likeness (QED) is 0.158. The highest BCUT2D eigenvalue weighted by Crippen LogP contribution is 2.39. The lowest BCUT2D eigenvalue weighted by Gasteiger charge is -2.13. The summed E-state index contributed by atoms with van der Waals surface area (Å²) in [5.41, 5.74) is 7.67. The van der Waals surface area contributed by atoms with Gasteiger partial charge < -0.3 is 20.1 Å². The van der Waals surface area contributed by atoms with Gasteiger partial charge in [0.15, 0.2) is 5.82 Å². The number of rotatable bonds is 11. The lowest BCUT2D eigenvalue weighted by atomic mass is 9.99. The number of pyridine rings is 1. The van der Waals surface area contributed by atoms with Gasteiger partial charge in [0.05, 0.1) is 31.8 Å². The molecule has 0 saturated carbocycles. The fourth-order valence-corrected chi connectivity index (χ4v) is 7.34. The highest BCUT2D eigenvalue weighted by atomic mass is 35.5. The highest BCUT2D eigenvalue weighted by Gasteiger charge is 2.32. The van der Waals surface area contributed by atoms with Gasteiger partial charge in [-0.3, -0.25) is 19.1 Å². The number of hydrogen-bond donors (Lipinski definition) is 2. The number of aryl methyl sites for hydroxylation is 2. The molecule has 2 amide bonds. The molecule has 2 aliphatic rings. The third-order valence-corrected chi connectivity index (χ3v) is 10.0. The number of ether oxygens (including phenoxy) is 2. The van der Waals surface area contributed by atoms with Crippen molar-refractivity contribution in [1.82, 2.24) is 25.1 Å². The lowest BCUT2D eigenvalue weighted by Crippen LogP contribution is -2.29. The van der Waals surface area contributed by atoms with Gasteiger partial charge in [0.25, 0.3) is 0 Å². The molecule has 1 atom stereocenters. The Kier molecular flexibility index (Phi) is 10.7. The maximum Gasteiger partial charge on any atom is 0.228 e. The number of halogens is 1. The third kappa shape index (κ3) is 7.31. The molecular formula is C36H36ClN7O4S2. The van der Waals surface area contributed by atoms with Crippen LogP contribution in [0.4, 0.5) is 5.69 Å². The van der Waals surface area contributed by atoms with E-state index in [4.69, 9.17) is 26.1 Å². The maximum atomic E-state index is 13.2. The van der Waals surface area contributed by atoms with Gasteiger partial charge in [-0.05, 0) is 67.8 Å². The maximum absolute atomic E-state index is 13.2. The van der Waals surface area contributed by atoms with Crippen LogP contribution in [0, 0.1) is 20.8 Å². The molecule has 0 saturated heterocycles. The van der Waals surface area contributed by atoms with E-state index in [2.05, 4.69) is 39.7 Å². The van der Waals surface area contributed by atoms with Crippen molar-refractivity contribution in [2.45, 2.75) is 39.7 Å². The van der Waals surface area contributed by atoms with E-state index in [0.29, 0.717) is 49.5 Å². The van der Waals surface area contributed by atoms with Crippen LogP contribution in [-0.2, 0) is 20.7 Å². The van der Waals surface area contributed by atoms with Gasteiger partial charge >= 0.3 is 0 Å². The normalized spacial score (nSPS) is 14.4. The van der Waals surface area contributed by atoms with E-state index < -0.39 is 6.04 Å². The van der Waals surface area contributed by atoms with Crippen LogP contribution >= 0.6 is 36.4 Å². The minimum Gasteiger partial charge on any atom is -0.475 e. The fourth-order valence-electron chi connectivity index (χ4n) is 6.00. The molecule has 258 valence electrons. The molecule has 0 radical (unpaired) electrons. The average Bonchev–Trinajstić information content (AvgIpc) is 3.73. The van der Waals surface area contributed by atoms with Gasteiger partial charge in [-0.2, -0.15) is 13.5 Å². The van der Waals surface area contributed by atoms with Gasteiger partial charge in [-0.1, -0.05) is 29.8 Å². The van der Waals surface area contributed by atoms with Gasteiger partial charge in [0.2, 0.25) is 17.7 Å². The van der Waals surface area contributed by atoms with Crippen molar-refractivity contribution < 1.29 is 19.1 Å². The number of amides is 2. The minimum absolute atomic E-state index is 0. The molecule has 2 aliphatic heterocycles. The summed E-state index contributed by atoms with van der Waals surface area (Å²) >= 11 is 7.88. The third-order valence-electron chi connectivity index (χ3n) is 8.58. The molecule has 0 fully saturated rings. The molecule has 3 aromatic heterocycles. The first-order valence-corrected chi connectivity index (χ1v) is 17.2. The van der Waals surface area contributed by atoms with Crippen LogP contribution in [-0.4, -0.2) is 63.6 Å². The summed E-state index contributed by atoms with van der Waals surface area (Å²) in [7, 11) is 0. The summed E-state index contributed by atoms with van der Waals surface area (Å²) in [6, 6.07) is 16.7. The van der Waals surface area contributed by atoms with E-state index in [0.717, 1.165) is 55.6 Å². The first kappa shape index (κ1) is 35.3. The monoisotopic (exact) mass is 729 g/mol. The van der Waals surface area contributed by atoms with Crippen LogP contribution in [0.2, 0.25) is 5.02 Å². The van der Waals surface area contributed by atoms with Crippen molar-refractivity contribution in [3.05, 3.63) is 105 Å². The molecule has 0 spiro atoms. The van der Waals surface area contributed by atoms with Crippen LogP contribution < -0.4 is 15.4 Å². The molecule has 14 heteroatoms. The smallest absolute Gasteiger partial charge is 0.228 e. The number of nitrogens with one attached hydrogen (secondary N) is 2. The van der Waals surface area contributed by atoms with Crippen molar-refractivity contribution in [3.63, 3.8) is 0 Å². The highest BCUT2D eigenvalue weighted by molar-refractivity contribution is 7.59. The molecule has 5 heterocycles. The summed E-state index contributed by atoms with van der Waals surface area (Å²) in [6.07, 6.45) is 2.25. The molecule has 0 bridgehead atoms. The summed E-state index contributed by atoms with van der Waals surface area (Å²) in [5, 5.41) is 16.3. The number of carbonyl (C=O) groups is 2. The minimum atomic E-state index is -0.539. The Morgan fingerprint density at radius 2 is 1.80 bits per heavy atom.